The van der Waals surface area contributed by atoms with E-state index in [0.29, 0.717) is 12.0 Å². The highest BCUT2D eigenvalue weighted by Gasteiger charge is 2.24. The molecule has 2 rings (SSSR count). The maximum absolute atomic E-state index is 5.91. The van der Waals surface area contributed by atoms with Crippen LogP contribution in [0.25, 0.3) is 0 Å². The second-order valence-corrected chi connectivity index (χ2v) is 5.20. The van der Waals surface area contributed by atoms with Gasteiger partial charge in [-0.1, -0.05) is 13.3 Å². The molecule has 2 heterocycles. The van der Waals surface area contributed by atoms with Gasteiger partial charge in [0.05, 0.1) is 6.10 Å². The zero-order valence-electron chi connectivity index (χ0n) is 11.1. The summed E-state index contributed by atoms with van der Waals surface area (Å²) < 4.78 is 5.48. The molecule has 18 heavy (non-hydrogen) atoms. The summed E-state index contributed by atoms with van der Waals surface area (Å²) in [7, 11) is 0. The Bertz CT molecular complexity index is 413. The van der Waals surface area contributed by atoms with Crippen molar-refractivity contribution in [2.45, 2.75) is 39.7 Å². The van der Waals surface area contributed by atoms with E-state index in [2.05, 4.69) is 26.8 Å². The van der Waals surface area contributed by atoms with Crippen molar-refractivity contribution in [2.24, 2.45) is 5.92 Å². The second kappa shape index (κ2) is 5.69. The van der Waals surface area contributed by atoms with Crippen molar-refractivity contribution in [1.82, 2.24) is 15.0 Å². The number of nitrogens with zero attached hydrogens (tertiary/aromatic N) is 4. The molecule has 0 amide bonds. The molecule has 0 saturated carbocycles. The van der Waals surface area contributed by atoms with Crippen LogP contribution < -0.4 is 9.64 Å². The molecule has 1 fully saturated rings. The topological polar surface area (TPSA) is 51.1 Å². The summed E-state index contributed by atoms with van der Waals surface area (Å²) in [6.45, 7) is 8.03. The van der Waals surface area contributed by atoms with Crippen molar-refractivity contribution in [3.63, 3.8) is 0 Å². The Balaban J connectivity index is 2.15. The lowest BCUT2D eigenvalue weighted by Gasteiger charge is -2.17. The van der Waals surface area contributed by atoms with Crippen LogP contribution in [0.5, 0.6) is 6.01 Å². The first-order valence-electron chi connectivity index (χ1n) is 6.41. The molecule has 1 aliphatic rings. The SMILES string of the molecule is CCC1CCN(c2nc(Cl)nc(OC(C)C)n2)C1. The summed E-state index contributed by atoms with van der Waals surface area (Å²) in [6, 6.07) is 0.306. The Morgan fingerprint density at radius 3 is 2.78 bits per heavy atom. The molecule has 1 aliphatic heterocycles. The standard InChI is InChI=1S/C12H19ClN4O/c1-4-9-5-6-17(7-9)11-14-10(13)15-12(16-11)18-8(2)3/h8-9H,4-7H2,1-3H3. The van der Waals surface area contributed by atoms with Crippen molar-refractivity contribution < 1.29 is 4.74 Å². The van der Waals surface area contributed by atoms with Crippen LogP contribution in [0, 0.1) is 5.92 Å². The van der Waals surface area contributed by atoms with E-state index in [9.17, 15) is 0 Å². The average Bonchev–Trinajstić information content (AvgIpc) is 2.75. The van der Waals surface area contributed by atoms with E-state index in [1.807, 2.05) is 13.8 Å². The van der Waals surface area contributed by atoms with Gasteiger partial charge in [-0.3, -0.25) is 0 Å². The van der Waals surface area contributed by atoms with Crippen molar-refractivity contribution in [3.8, 4) is 6.01 Å². The van der Waals surface area contributed by atoms with Gasteiger partial charge >= 0.3 is 6.01 Å². The zero-order chi connectivity index (χ0) is 13.1. The lowest BCUT2D eigenvalue weighted by Crippen LogP contribution is -2.23. The van der Waals surface area contributed by atoms with Gasteiger partial charge in [-0.05, 0) is 37.8 Å². The highest BCUT2D eigenvalue weighted by atomic mass is 35.5. The molecule has 1 unspecified atom stereocenters. The highest BCUT2D eigenvalue weighted by Crippen LogP contribution is 2.24. The van der Waals surface area contributed by atoms with Gasteiger partial charge in [0.25, 0.3) is 0 Å². The van der Waals surface area contributed by atoms with Crippen LogP contribution in [0.4, 0.5) is 5.95 Å². The van der Waals surface area contributed by atoms with Crippen molar-refractivity contribution in [1.29, 1.82) is 0 Å². The third-order valence-electron chi connectivity index (χ3n) is 3.06. The summed E-state index contributed by atoms with van der Waals surface area (Å²) in [4.78, 5) is 14.6. The molecule has 0 aromatic carbocycles. The van der Waals surface area contributed by atoms with E-state index < -0.39 is 0 Å². The lowest BCUT2D eigenvalue weighted by molar-refractivity contribution is 0.221. The van der Waals surface area contributed by atoms with Gasteiger partial charge in [-0.2, -0.15) is 15.0 Å². The van der Waals surface area contributed by atoms with Crippen LogP contribution in [-0.2, 0) is 0 Å². The maximum Gasteiger partial charge on any atom is 0.322 e. The summed E-state index contributed by atoms with van der Waals surface area (Å²) >= 11 is 5.91. The molecule has 1 aromatic rings. The van der Waals surface area contributed by atoms with Gasteiger partial charge in [0.2, 0.25) is 11.2 Å². The van der Waals surface area contributed by atoms with Crippen molar-refractivity contribution in [3.05, 3.63) is 5.28 Å². The molecule has 1 atom stereocenters. The van der Waals surface area contributed by atoms with Gasteiger partial charge in [0, 0.05) is 13.1 Å². The monoisotopic (exact) mass is 270 g/mol. The second-order valence-electron chi connectivity index (χ2n) is 4.86. The molecule has 0 aliphatic carbocycles. The van der Waals surface area contributed by atoms with Crippen LogP contribution in [0.3, 0.4) is 0 Å². The summed E-state index contributed by atoms with van der Waals surface area (Å²) in [5.74, 6) is 1.34. The molecule has 0 spiro atoms. The third kappa shape index (κ3) is 3.22. The Hall–Kier alpha value is -1.10. The van der Waals surface area contributed by atoms with Crippen LogP contribution in [-0.4, -0.2) is 34.1 Å². The van der Waals surface area contributed by atoms with Crippen LogP contribution in [0.15, 0.2) is 0 Å². The zero-order valence-corrected chi connectivity index (χ0v) is 11.8. The predicted octanol–water partition coefficient (Wildman–Crippen LogP) is 2.55. The minimum absolute atomic E-state index is 0.0262. The Kier molecular flexibility index (Phi) is 4.22. The van der Waals surface area contributed by atoms with Gasteiger partial charge < -0.3 is 9.64 Å². The molecule has 0 bridgehead atoms. The molecule has 0 radical (unpaired) electrons. The lowest BCUT2D eigenvalue weighted by atomic mass is 10.1. The molecule has 6 heteroatoms. The molecule has 1 aromatic heterocycles. The van der Waals surface area contributed by atoms with Crippen LogP contribution in [0.1, 0.15) is 33.6 Å². The number of hydrogen-bond acceptors (Lipinski definition) is 5. The first-order chi connectivity index (χ1) is 8.58. The minimum Gasteiger partial charge on any atom is -0.461 e. The largest absolute Gasteiger partial charge is 0.461 e. The van der Waals surface area contributed by atoms with E-state index in [0.717, 1.165) is 19.0 Å². The van der Waals surface area contributed by atoms with E-state index in [-0.39, 0.29) is 11.4 Å². The fraction of sp³-hybridized carbons (Fsp3) is 0.750. The number of ether oxygens (including phenoxy) is 1. The van der Waals surface area contributed by atoms with Gasteiger partial charge in [-0.25, -0.2) is 0 Å². The predicted molar refractivity (Wildman–Crippen MR) is 71.2 cm³/mol. The van der Waals surface area contributed by atoms with Crippen LogP contribution in [0.2, 0.25) is 5.28 Å². The fourth-order valence-corrected chi connectivity index (χ4v) is 2.22. The first-order valence-corrected chi connectivity index (χ1v) is 6.79. The van der Waals surface area contributed by atoms with Gasteiger partial charge in [-0.15, -0.1) is 0 Å². The number of hydrogen-bond donors (Lipinski definition) is 0. The summed E-state index contributed by atoms with van der Waals surface area (Å²) in [6.07, 6.45) is 2.39. The summed E-state index contributed by atoms with van der Waals surface area (Å²) in [5.41, 5.74) is 0. The fourth-order valence-electron chi connectivity index (χ4n) is 2.07. The Morgan fingerprint density at radius 2 is 2.17 bits per heavy atom. The van der Waals surface area contributed by atoms with Crippen molar-refractivity contribution in [2.75, 3.05) is 18.0 Å². The number of anilines is 1. The molecule has 1 saturated heterocycles. The van der Waals surface area contributed by atoms with Crippen LogP contribution >= 0.6 is 11.6 Å². The summed E-state index contributed by atoms with van der Waals surface area (Å²) in [5, 5.41) is 0.190. The maximum atomic E-state index is 5.91. The smallest absolute Gasteiger partial charge is 0.322 e. The van der Waals surface area contributed by atoms with Gasteiger partial charge in [0.15, 0.2) is 0 Å². The van der Waals surface area contributed by atoms with E-state index >= 15 is 0 Å². The van der Waals surface area contributed by atoms with E-state index in [1.165, 1.54) is 12.8 Å². The molecule has 5 nitrogen and oxygen atoms in total. The molecule has 0 N–H and O–H groups in total. The quantitative estimate of drug-likeness (QED) is 0.842. The van der Waals surface area contributed by atoms with E-state index in [1.54, 1.807) is 0 Å². The number of aromatic nitrogens is 3. The number of halogens is 1. The Labute approximate surface area is 113 Å². The normalized spacial score (nSPS) is 19.6. The molecular weight excluding hydrogens is 252 g/mol. The van der Waals surface area contributed by atoms with E-state index in [4.69, 9.17) is 16.3 Å². The average molecular weight is 271 g/mol. The van der Waals surface area contributed by atoms with Crippen molar-refractivity contribution >= 4 is 17.5 Å². The number of rotatable bonds is 4. The third-order valence-corrected chi connectivity index (χ3v) is 3.23. The minimum atomic E-state index is 0.0262. The first kappa shape index (κ1) is 13.3. The molecule has 100 valence electrons. The molecular formula is C12H19ClN4O. The highest BCUT2D eigenvalue weighted by molar-refractivity contribution is 6.28. The Morgan fingerprint density at radius 1 is 1.39 bits per heavy atom. The van der Waals surface area contributed by atoms with Gasteiger partial charge in [0.1, 0.15) is 0 Å².